The van der Waals surface area contributed by atoms with Crippen LogP contribution in [-0.2, 0) is 18.0 Å². The van der Waals surface area contributed by atoms with Crippen molar-refractivity contribution in [3.63, 3.8) is 0 Å². The molecule has 0 aromatic heterocycles. The Balaban J connectivity index is 1.89. The molecule has 0 spiro atoms. The Labute approximate surface area is 106 Å². The van der Waals surface area contributed by atoms with Crippen LogP contribution in [0.2, 0.25) is 0 Å². The van der Waals surface area contributed by atoms with Crippen molar-refractivity contribution in [3.05, 3.63) is 64.7 Å². The monoisotopic (exact) mass is 235 g/mol. The number of rotatable bonds is 0. The Bertz CT molecular complexity index is 650. The summed E-state index contributed by atoms with van der Waals surface area (Å²) in [6.45, 7) is 1.42. The molecule has 0 unspecified atom stereocenters. The largest absolute Gasteiger partial charge is 0.399 e. The van der Waals surface area contributed by atoms with E-state index in [9.17, 15) is 0 Å². The lowest BCUT2D eigenvalue weighted by atomic mass is 10.1. The topological polar surface area (TPSA) is 35.2 Å². The fourth-order valence-electron chi connectivity index (χ4n) is 2.01. The molecule has 2 aromatic rings. The molecule has 3 rings (SSSR count). The highest BCUT2D eigenvalue weighted by Gasteiger charge is 2.10. The number of hydrogen-bond donors (Lipinski definition) is 1. The average Bonchev–Trinajstić information content (AvgIpc) is 2.84. The minimum absolute atomic E-state index is 0.698. The number of nitrogens with two attached hydrogens (primary N) is 1. The van der Waals surface area contributed by atoms with Crippen LogP contribution < -0.4 is 5.73 Å². The summed E-state index contributed by atoms with van der Waals surface area (Å²) < 4.78 is 5.38. The zero-order valence-corrected chi connectivity index (χ0v) is 9.94. The summed E-state index contributed by atoms with van der Waals surface area (Å²) in [6.07, 6.45) is 0. The highest BCUT2D eigenvalue weighted by molar-refractivity contribution is 5.50. The molecule has 0 atom stereocenters. The second-order valence-corrected chi connectivity index (χ2v) is 4.35. The van der Waals surface area contributed by atoms with Gasteiger partial charge in [-0.1, -0.05) is 24.0 Å². The van der Waals surface area contributed by atoms with Crippen LogP contribution in [0.3, 0.4) is 0 Å². The number of hydrogen-bond acceptors (Lipinski definition) is 2. The molecule has 88 valence electrons. The SMILES string of the molecule is Nc1cccc(C#Cc2ccc3c(c2)COC3)c1. The third-order valence-electron chi connectivity index (χ3n) is 2.96. The molecule has 0 bridgehead atoms. The molecule has 0 saturated carbocycles. The van der Waals surface area contributed by atoms with E-state index in [1.54, 1.807) is 0 Å². The number of ether oxygens (including phenoxy) is 1. The molecule has 0 radical (unpaired) electrons. The van der Waals surface area contributed by atoms with Gasteiger partial charge in [-0.15, -0.1) is 0 Å². The Morgan fingerprint density at radius 3 is 2.50 bits per heavy atom. The van der Waals surface area contributed by atoms with Crippen molar-refractivity contribution in [1.29, 1.82) is 0 Å². The predicted octanol–water partition coefficient (Wildman–Crippen LogP) is 2.70. The van der Waals surface area contributed by atoms with Gasteiger partial charge in [-0.25, -0.2) is 0 Å². The zero-order valence-electron chi connectivity index (χ0n) is 9.94. The molecule has 2 heteroatoms. The molecule has 2 nitrogen and oxygen atoms in total. The van der Waals surface area contributed by atoms with Gasteiger partial charge in [-0.2, -0.15) is 0 Å². The summed E-state index contributed by atoms with van der Waals surface area (Å²) in [7, 11) is 0. The van der Waals surface area contributed by atoms with Gasteiger partial charge in [0.25, 0.3) is 0 Å². The van der Waals surface area contributed by atoms with E-state index in [-0.39, 0.29) is 0 Å². The quantitative estimate of drug-likeness (QED) is 0.563. The lowest BCUT2D eigenvalue weighted by Gasteiger charge is -1.97. The lowest BCUT2D eigenvalue weighted by molar-refractivity contribution is 0.134. The summed E-state index contributed by atoms with van der Waals surface area (Å²) in [5, 5.41) is 0. The van der Waals surface area contributed by atoms with Crippen molar-refractivity contribution in [3.8, 4) is 11.8 Å². The minimum Gasteiger partial charge on any atom is -0.399 e. The van der Waals surface area contributed by atoms with Gasteiger partial charge >= 0.3 is 0 Å². The molecule has 1 aliphatic rings. The van der Waals surface area contributed by atoms with Crippen LogP contribution in [0.25, 0.3) is 0 Å². The maximum Gasteiger partial charge on any atom is 0.0725 e. The first kappa shape index (κ1) is 10.9. The highest BCUT2D eigenvalue weighted by atomic mass is 16.5. The van der Waals surface area contributed by atoms with E-state index in [1.165, 1.54) is 11.1 Å². The summed E-state index contributed by atoms with van der Waals surface area (Å²) in [5.41, 5.74) is 10.9. The third-order valence-corrected chi connectivity index (χ3v) is 2.96. The smallest absolute Gasteiger partial charge is 0.0725 e. The number of fused-ring (bicyclic) bond motifs is 1. The van der Waals surface area contributed by atoms with Gasteiger partial charge in [0, 0.05) is 16.8 Å². The third kappa shape index (κ3) is 2.22. The Morgan fingerprint density at radius 1 is 0.889 bits per heavy atom. The molecule has 1 heterocycles. The first-order valence-corrected chi connectivity index (χ1v) is 5.88. The summed E-state index contributed by atoms with van der Waals surface area (Å²) >= 11 is 0. The molecule has 0 aliphatic carbocycles. The fraction of sp³-hybridized carbons (Fsp3) is 0.125. The van der Waals surface area contributed by atoms with Crippen LogP contribution in [0.15, 0.2) is 42.5 Å². The van der Waals surface area contributed by atoms with Crippen LogP contribution in [0.4, 0.5) is 5.69 Å². The van der Waals surface area contributed by atoms with Crippen LogP contribution in [0.5, 0.6) is 0 Å². The predicted molar refractivity (Wildman–Crippen MR) is 71.8 cm³/mol. The van der Waals surface area contributed by atoms with Gasteiger partial charge in [0.2, 0.25) is 0 Å². The Morgan fingerprint density at radius 2 is 1.67 bits per heavy atom. The normalized spacial score (nSPS) is 12.7. The van der Waals surface area contributed by atoms with Crippen molar-refractivity contribution in [1.82, 2.24) is 0 Å². The number of benzene rings is 2. The van der Waals surface area contributed by atoms with E-state index in [4.69, 9.17) is 10.5 Å². The molecular weight excluding hydrogens is 222 g/mol. The maximum atomic E-state index is 5.72. The van der Waals surface area contributed by atoms with Crippen LogP contribution in [-0.4, -0.2) is 0 Å². The van der Waals surface area contributed by atoms with Gasteiger partial charge < -0.3 is 10.5 Å². The van der Waals surface area contributed by atoms with Crippen molar-refractivity contribution in [2.45, 2.75) is 13.2 Å². The van der Waals surface area contributed by atoms with Gasteiger partial charge in [0.15, 0.2) is 0 Å². The Hall–Kier alpha value is -2.24. The van der Waals surface area contributed by atoms with Crippen molar-refractivity contribution < 1.29 is 4.74 Å². The summed E-state index contributed by atoms with van der Waals surface area (Å²) in [5.74, 6) is 6.28. The van der Waals surface area contributed by atoms with Crippen LogP contribution in [0.1, 0.15) is 22.3 Å². The molecule has 2 N–H and O–H groups in total. The van der Waals surface area contributed by atoms with Crippen LogP contribution >= 0.6 is 0 Å². The second kappa shape index (κ2) is 4.56. The lowest BCUT2D eigenvalue weighted by Crippen LogP contribution is -1.85. The van der Waals surface area contributed by atoms with Crippen molar-refractivity contribution in [2.24, 2.45) is 0 Å². The van der Waals surface area contributed by atoms with E-state index in [0.29, 0.717) is 6.61 Å². The van der Waals surface area contributed by atoms with E-state index < -0.39 is 0 Å². The van der Waals surface area contributed by atoms with Crippen molar-refractivity contribution >= 4 is 5.69 Å². The summed E-state index contributed by atoms with van der Waals surface area (Å²) in [4.78, 5) is 0. The van der Waals surface area contributed by atoms with Gasteiger partial charge in [-0.3, -0.25) is 0 Å². The molecule has 1 aliphatic heterocycles. The number of anilines is 1. The first-order chi connectivity index (χ1) is 8.81. The molecule has 0 saturated heterocycles. The summed E-state index contributed by atoms with van der Waals surface area (Å²) in [6, 6.07) is 13.8. The fourth-order valence-corrected chi connectivity index (χ4v) is 2.01. The Kier molecular flexibility index (Phi) is 2.76. The van der Waals surface area contributed by atoms with E-state index in [2.05, 4.69) is 24.0 Å². The van der Waals surface area contributed by atoms with E-state index in [0.717, 1.165) is 23.4 Å². The molecule has 0 fully saturated rings. The van der Waals surface area contributed by atoms with Gasteiger partial charge in [0.1, 0.15) is 0 Å². The van der Waals surface area contributed by atoms with E-state index in [1.807, 2.05) is 30.3 Å². The second-order valence-electron chi connectivity index (χ2n) is 4.35. The zero-order chi connectivity index (χ0) is 12.4. The van der Waals surface area contributed by atoms with Crippen molar-refractivity contribution in [2.75, 3.05) is 5.73 Å². The maximum absolute atomic E-state index is 5.72. The van der Waals surface area contributed by atoms with E-state index >= 15 is 0 Å². The molecule has 0 amide bonds. The first-order valence-electron chi connectivity index (χ1n) is 5.88. The number of nitrogen functional groups attached to an aromatic ring is 1. The standard InChI is InChI=1S/C16H13NO/c17-16-3-1-2-12(9-16)4-5-13-6-7-14-10-18-11-15(14)8-13/h1-3,6-9H,10-11,17H2. The van der Waals surface area contributed by atoms with Crippen LogP contribution in [0, 0.1) is 11.8 Å². The molecular formula is C16H13NO. The minimum atomic E-state index is 0.698. The molecule has 2 aromatic carbocycles. The van der Waals surface area contributed by atoms with Gasteiger partial charge in [0.05, 0.1) is 13.2 Å². The average molecular weight is 235 g/mol. The highest BCUT2D eigenvalue weighted by Crippen LogP contribution is 2.20. The van der Waals surface area contributed by atoms with Gasteiger partial charge in [-0.05, 0) is 41.5 Å². The molecule has 18 heavy (non-hydrogen) atoms.